The monoisotopic (exact) mass is 308 g/mol. The Morgan fingerprint density at radius 1 is 1.17 bits per heavy atom. The van der Waals surface area contributed by atoms with Crippen LogP contribution in [0, 0.1) is 6.92 Å². The van der Waals surface area contributed by atoms with Crippen LogP contribution in [0.4, 0.5) is 0 Å². The topological polar surface area (TPSA) is 54.1 Å². The van der Waals surface area contributed by atoms with Crippen LogP contribution in [-0.4, -0.2) is 24.5 Å². The van der Waals surface area contributed by atoms with Gasteiger partial charge in [-0.2, -0.15) is 0 Å². The van der Waals surface area contributed by atoms with Gasteiger partial charge in [-0.05, 0) is 42.7 Å². The largest absolute Gasteiger partial charge is 0.497 e. The van der Waals surface area contributed by atoms with Crippen LogP contribution in [0.25, 0.3) is 10.9 Å². The van der Waals surface area contributed by atoms with Gasteiger partial charge in [0.05, 0.1) is 7.11 Å². The first-order valence-electron chi connectivity index (χ1n) is 7.67. The molecule has 0 bridgehead atoms. The molecule has 0 unspecified atom stereocenters. The fourth-order valence-electron chi connectivity index (χ4n) is 2.71. The molecule has 0 saturated carbocycles. The normalized spacial score (nSPS) is 10.7. The number of carbonyl (C=O) groups is 1. The van der Waals surface area contributed by atoms with Crippen molar-refractivity contribution in [1.82, 2.24) is 10.3 Å². The number of aromatic amines is 1. The first-order valence-corrected chi connectivity index (χ1v) is 7.67. The highest BCUT2D eigenvalue weighted by atomic mass is 16.5. The van der Waals surface area contributed by atoms with Gasteiger partial charge in [-0.1, -0.05) is 30.3 Å². The van der Waals surface area contributed by atoms with E-state index in [1.807, 2.05) is 43.3 Å². The van der Waals surface area contributed by atoms with Crippen molar-refractivity contribution < 1.29 is 9.53 Å². The van der Waals surface area contributed by atoms with Gasteiger partial charge in [0.25, 0.3) is 5.91 Å². The number of nitrogens with one attached hydrogen (secondary N) is 2. The number of aromatic nitrogens is 1. The van der Waals surface area contributed by atoms with E-state index in [1.165, 1.54) is 5.56 Å². The third-order valence-corrected chi connectivity index (χ3v) is 4.03. The summed E-state index contributed by atoms with van der Waals surface area (Å²) in [5.74, 6) is 0.712. The fraction of sp³-hybridized carbons (Fsp3) is 0.211. The van der Waals surface area contributed by atoms with E-state index >= 15 is 0 Å². The standard InChI is InChI=1S/C19H20N2O2/c1-13-16-12-15(23-2)8-9-17(16)21-18(13)19(22)20-11-10-14-6-4-3-5-7-14/h3-9,12,21H,10-11H2,1-2H3,(H,20,22). The van der Waals surface area contributed by atoms with Gasteiger partial charge in [0.15, 0.2) is 0 Å². The van der Waals surface area contributed by atoms with Crippen LogP contribution in [0.1, 0.15) is 21.6 Å². The van der Waals surface area contributed by atoms with E-state index in [1.54, 1.807) is 7.11 Å². The molecule has 0 fully saturated rings. The van der Waals surface area contributed by atoms with E-state index in [4.69, 9.17) is 4.74 Å². The molecule has 0 saturated heterocycles. The molecule has 3 rings (SSSR count). The van der Waals surface area contributed by atoms with Crippen LogP contribution in [-0.2, 0) is 6.42 Å². The van der Waals surface area contributed by atoms with Gasteiger partial charge < -0.3 is 15.0 Å². The van der Waals surface area contributed by atoms with Crippen molar-refractivity contribution in [1.29, 1.82) is 0 Å². The van der Waals surface area contributed by atoms with Crippen molar-refractivity contribution in [3.8, 4) is 5.75 Å². The van der Waals surface area contributed by atoms with Crippen LogP contribution < -0.4 is 10.1 Å². The Kier molecular flexibility index (Phi) is 4.33. The van der Waals surface area contributed by atoms with Crippen molar-refractivity contribution in [2.45, 2.75) is 13.3 Å². The Bertz CT molecular complexity index is 822. The number of amides is 1. The molecule has 2 aromatic carbocycles. The minimum atomic E-state index is -0.0754. The number of hydrogen-bond donors (Lipinski definition) is 2. The van der Waals surface area contributed by atoms with E-state index < -0.39 is 0 Å². The summed E-state index contributed by atoms with van der Waals surface area (Å²) in [5.41, 5.74) is 3.71. The lowest BCUT2D eigenvalue weighted by molar-refractivity contribution is 0.0949. The lowest BCUT2D eigenvalue weighted by atomic mass is 10.1. The summed E-state index contributed by atoms with van der Waals surface area (Å²) < 4.78 is 5.25. The Hall–Kier alpha value is -2.75. The molecule has 1 aromatic heterocycles. The van der Waals surface area contributed by atoms with E-state index in [0.717, 1.165) is 28.6 Å². The molecule has 118 valence electrons. The Morgan fingerprint density at radius 2 is 1.96 bits per heavy atom. The smallest absolute Gasteiger partial charge is 0.268 e. The highest BCUT2D eigenvalue weighted by Gasteiger charge is 2.14. The maximum atomic E-state index is 12.4. The first-order chi connectivity index (χ1) is 11.2. The maximum Gasteiger partial charge on any atom is 0.268 e. The summed E-state index contributed by atoms with van der Waals surface area (Å²) in [6, 6.07) is 15.9. The second kappa shape index (κ2) is 6.57. The van der Waals surface area contributed by atoms with Crippen molar-refractivity contribution in [3.05, 3.63) is 65.4 Å². The third kappa shape index (κ3) is 3.21. The molecule has 0 spiro atoms. The van der Waals surface area contributed by atoms with Gasteiger partial charge in [-0.3, -0.25) is 4.79 Å². The average Bonchev–Trinajstić information content (AvgIpc) is 2.92. The summed E-state index contributed by atoms with van der Waals surface area (Å²) in [6.07, 6.45) is 0.819. The van der Waals surface area contributed by atoms with Crippen LogP contribution in [0.15, 0.2) is 48.5 Å². The van der Waals surface area contributed by atoms with Crippen LogP contribution in [0.3, 0.4) is 0 Å². The van der Waals surface area contributed by atoms with E-state index in [9.17, 15) is 4.79 Å². The molecular formula is C19H20N2O2. The van der Waals surface area contributed by atoms with Crippen molar-refractivity contribution in [2.75, 3.05) is 13.7 Å². The predicted molar refractivity (Wildman–Crippen MR) is 92.1 cm³/mol. The quantitative estimate of drug-likeness (QED) is 0.758. The lowest BCUT2D eigenvalue weighted by Gasteiger charge is -2.05. The number of hydrogen-bond acceptors (Lipinski definition) is 2. The van der Waals surface area contributed by atoms with Gasteiger partial charge in [-0.15, -0.1) is 0 Å². The summed E-state index contributed by atoms with van der Waals surface area (Å²) in [7, 11) is 1.64. The van der Waals surface area contributed by atoms with Gasteiger partial charge >= 0.3 is 0 Å². The van der Waals surface area contributed by atoms with Crippen LogP contribution in [0.5, 0.6) is 5.75 Å². The van der Waals surface area contributed by atoms with Crippen molar-refractivity contribution in [2.24, 2.45) is 0 Å². The van der Waals surface area contributed by atoms with Gasteiger partial charge in [-0.25, -0.2) is 0 Å². The molecule has 0 aliphatic rings. The number of fused-ring (bicyclic) bond motifs is 1. The SMILES string of the molecule is COc1ccc2[nH]c(C(=O)NCCc3ccccc3)c(C)c2c1. The molecule has 23 heavy (non-hydrogen) atoms. The highest BCUT2D eigenvalue weighted by molar-refractivity contribution is 6.01. The lowest BCUT2D eigenvalue weighted by Crippen LogP contribution is -2.26. The number of ether oxygens (including phenoxy) is 1. The Balaban J connectivity index is 1.72. The number of benzene rings is 2. The minimum absolute atomic E-state index is 0.0754. The number of rotatable bonds is 5. The number of H-pyrrole nitrogens is 1. The first kappa shape index (κ1) is 15.2. The Labute approximate surface area is 135 Å². The molecule has 1 heterocycles. The Morgan fingerprint density at radius 3 is 2.70 bits per heavy atom. The number of methoxy groups -OCH3 is 1. The maximum absolute atomic E-state index is 12.4. The summed E-state index contributed by atoms with van der Waals surface area (Å²) in [6.45, 7) is 2.56. The van der Waals surface area contributed by atoms with Crippen molar-refractivity contribution in [3.63, 3.8) is 0 Å². The highest BCUT2D eigenvalue weighted by Crippen LogP contribution is 2.25. The van der Waals surface area contributed by atoms with Gasteiger partial charge in [0.2, 0.25) is 0 Å². The second-order valence-corrected chi connectivity index (χ2v) is 5.53. The van der Waals surface area contributed by atoms with Crippen LogP contribution in [0.2, 0.25) is 0 Å². The van der Waals surface area contributed by atoms with E-state index in [2.05, 4.69) is 22.4 Å². The molecule has 3 aromatic rings. The average molecular weight is 308 g/mol. The molecule has 4 nitrogen and oxygen atoms in total. The van der Waals surface area contributed by atoms with Gasteiger partial charge in [0, 0.05) is 17.4 Å². The molecule has 0 atom stereocenters. The summed E-state index contributed by atoms with van der Waals surface area (Å²) in [4.78, 5) is 15.6. The molecule has 0 aliphatic carbocycles. The minimum Gasteiger partial charge on any atom is -0.497 e. The molecule has 0 radical (unpaired) electrons. The zero-order chi connectivity index (χ0) is 16.2. The molecule has 4 heteroatoms. The summed E-state index contributed by atoms with van der Waals surface area (Å²) >= 11 is 0. The fourth-order valence-corrected chi connectivity index (χ4v) is 2.71. The summed E-state index contributed by atoms with van der Waals surface area (Å²) in [5, 5.41) is 3.99. The predicted octanol–water partition coefficient (Wildman–Crippen LogP) is 3.46. The van der Waals surface area contributed by atoms with Crippen molar-refractivity contribution >= 4 is 16.8 Å². The van der Waals surface area contributed by atoms with Gasteiger partial charge in [0.1, 0.15) is 11.4 Å². The molecule has 1 amide bonds. The van der Waals surface area contributed by atoms with E-state index in [-0.39, 0.29) is 5.91 Å². The van der Waals surface area contributed by atoms with E-state index in [0.29, 0.717) is 12.2 Å². The molecule has 0 aliphatic heterocycles. The number of carbonyl (C=O) groups excluding carboxylic acids is 1. The zero-order valence-electron chi connectivity index (χ0n) is 13.3. The third-order valence-electron chi connectivity index (χ3n) is 4.03. The molecular weight excluding hydrogens is 288 g/mol. The van der Waals surface area contributed by atoms with Crippen LogP contribution >= 0.6 is 0 Å². The molecule has 2 N–H and O–H groups in total. The zero-order valence-corrected chi connectivity index (χ0v) is 13.3. The number of aryl methyl sites for hydroxylation is 1. The second-order valence-electron chi connectivity index (χ2n) is 5.53.